The van der Waals surface area contributed by atoms with Crippen molar-refractivity contribution < 1.29 is 70.9 Å². The van der Waals surface area contributed by atoms with Crippen molar-refractivity contribution in [1.82, 2.24) is 0 Å². The van der Waals surface area contributed by atoms with Gasteiger partial charge in [-0.15, -0.1) is 0 Å². The molecule has 3 aliphatic rings. The van der Waals surface area contributed by atoms with Crippen LogP contribution < -0.4 is 4.74 Å². The third kappa shape index (κ3) is 23.0. The zero-order chi connectivity index (χ0) is 64.2. The number of aliphatic hydroxyl groups is 1. The van der Waals surface area contributed by atoms with Crippen molar-refractivity contribution in [2.24, 2.45) is 11.3 Å². The van der Waals surface area contributed by atoms with Gasteiger partial charge in [0.25, 0.3) is 0 Å². The molecule has 0 radical (unpaired) electrons. The SMILES string of the molecule is C=C1C[C@@H](C[C@H]2C[C@@H](O[Si](C)(C)C(C)(C)C)C[C@@H](C[C@H](CCO)OCc3ccc(OC)cc3)O2)O[C@@H](/C=C/C(C)(C)[C@](C/C(=C/C(=O)OC)C[C@H](CC)C[C@@H](O[Si](C)(C)C(C)(C)C)[C@@H](C)OCOCc2ccccc2)(OC)C(=O)O[C@H]2CCCOC2)C1. The van der Waals surface area contributed by atoms with Crippen molar-refractivity contribution in [2.45, 2.75) is 263 Å². The van der Waals surface area contributed by atoms with E-state index in [1.54, 1.807) is 14.2 Å². The molecule has 3 fully saturated rings. The van der Waals surface area contributed by atoms with Crippen LogP contribution in [-0.2, 0) is 74.3 Å². The third-order valence-corrected chi connectivity index (χ3v) is 28.1. The van der Waals surface area contributed by atoms with Crippen LogP contribution in [0.15, 0.2) is 90.6 Å². The van der Waals surface area contributed by atoms with E-state index in [0.29, 0.717) is 76.8 Å². The second-order valence-corrected chi connectivity index (χ2v) is 37.9. The Morgan fingerprint density at radius 1 is 0.828 bits per heavy atom. The van der Waals surface area contributed by atoms with E-state index in [2.05, 4.69) is 81.2 Å². The van der Waals surface area contributed by atoms with Gasteiger partial charge >= 0.3 is 11.9 Å². The zero-order valence-electron chi connectivity index (χ0n) is 56.5. The van der Waals surface area contributed by atoms with Crippen LogP contribution in [0.4, 0.5) is 0 Å². The molecule has 5 rings (SSSR count). The average Bonchev–Trinajstić information content (AvgIpc) is 0.848. The van der Waals surface area contributed by atoms with Crippen LogP contribution in [0.5, 0.6) is 5.75 Å². The van der Waals surface area contributed by atoms with Gasteiger partial charge in [-0.2, -0.15) is 0 Å². The molecule has 0 bridgehead atoms. The summed E-state index contributed by atoms with van der Waals surface area (Å²) in [7, 11) is 0.0838. The van der Waals surface area contributed by atoms with E-state index < -0.39 is 45.7 Å². The molecule has 0 unspecified atom stereocenters. The lowest BCUT2D eigenvalue weighted by molar-refractivity contribution is -0.192. The monoisotopic (exact) mass is 1250 g/mol. The van der Waals surface area contributed by atoms with E-state index in [4.69, 9.17) is 56.2 Å². The highest BCUT2D eigenvalue weighted by atomic mass is 28.4. The van der Waals surface area contributed by atoms with Gasteiger partial charge in [-0.1, -0.05) is 141 Å². The lowest BCUT2D eigenvalue weighted by atomic mass is 9.69. The minimum Gasteiger partial charge on any atom is -0.497 e. The molecule has 87 heavy (non-hydrogen) atoms. The minimum atomic E-state index is -2.32. The molecule has 3 saturated heterocycles. The number of hydrogen-bond donors (Lipinski definition) is 1. The molecular weight excluding hydrogens is 1140 g/mol. The number of aliphatic hydroxyl groups excluding tert-OH is 1. The van der Waals surface area contributed by atoms with Crippen molar-refractivity contribution in [3.63, 3.8) is 0 Å². The van der Waals surface area contributed by atoms with Gasteiger partial charge in [-0.25, -0.2) is 9.59 Å². The molecule has 15 nitrogen and oxygen atoms in total. The quantitative estimate of drug-likeness (QED) is 0.0176. The van der Waals surface area contributed by atoms with Crippen LogP contribution in [0.2, 0.25) is 36.3 Å². The Morgan fingerprint density at radius 2 is 1.51 bits per heavy atom. The fourth-order valence-electron chi connectivity index (χ4n) is 11.5. The summed E-state index contributed by atoms with van der Waals surface area (Å²) in [6.45, 7) is 37.1. The summed E-state index contributed by atoms with van der Waals surface area (Å²) >= 11 is 0. The molecule has 11 atom stereocenters. The number of esters is 2. The van der Waals surface area contributed by atoms with E-state index in [0.717, 1.165) is 48.1 Å². The second kappa shape index (κ2) is 34.2. The Balaban J connectivity index is 1.41. The van der Waals surface area contributed by atoms with Gasteiger partial charge in [-0.05, 0) is 137 Å². The maximum Gasteiger partial charge on any atom is 0.339 e. The summed E-state index contributed by atoms with van der Waals surface area (Å²) in [5, 5.41) is 10.1. The largest absolute Gasteiger partial charge is 0.497 e. The van der Waals surface area contributed by atoms with Gasteiger partial charge in [0.1, 0.15) is 18.6 Å². The summed E-state index contributed by atoms with van der Waals surface area (Å²) in [4.78, 5) is 28.8. The zero-order valence-corrected chi connectivity index (χ0v) is 58.5. The number of carbonyl (C=O) groups excluding carboxylic acids is 2. The first-order valence-electron chi connectivity index (χ1n) is 32.2. The molecule has 0 saturated carbocycles. The summed E-state index contributed by atoms with van der Waals surface area (Å²) < 4.78 is 76.8. The number of methoxy groups -OCH3 is 3. The van der Waals surface area contributed by atoms with Crippen LogP contribution in [0.1, 0.15) is 164 Å². The van der Waals surface area contributed by atoms with Crippen molar-refractivity contribution in [3.05, 3.63) is 102 Å². The Bertz CT molecular complexity index is 2440. The highest BCUT2D eigenvalue weighted by molar-refractivity contribution is 6.74. The lowest BCUT2D eigenvalue weighted by Crippen LogP contribution is -2.55. The predicted molar refractivity (Wildman–Crippen MR) is 349 cm³/mol. The summed E-state index contributed by atoms with van der Waals surface area (Å²) in [6.07, 6.45) is 11.1. The lowest BCUT2D eigenvalue weighted by Gasteiger charge is -2.45. The molecule has 0 aromatic heterocycles. The van der Waals surface area contributed by atoms with Crippen LogP contribution in [0.3, 0.4) is 0 Å². The molecule has 1 N–H and O–H groups in total. The second-order valence-electron chi connectivity index (χ2n) is 28.4. The predicted octanol–water partition coefficient (Wildman–Crippen LogP) is 14.7. The molecule has 0 amide bonds. The molecule has 0 aliphatic carbocycles. The Kier molecular flexibility index (Phi) is 29.2. The maximum atomic E-state index is 15.3. The molecule has 2 aromatic carbocycles. The number of hydrogen-bond acceptors (Lipinski definition) is 15. The number of ether oxygens (including phenoxy) is 10. The molecular formula is C70H114O15Si2. The van der Waals surface area contributed by atoms with Crippen molar-refractivity contribution >= 4 is 28.6 Å². The van der Waals surface area contributed by atoms with E-state index in [1.807, 2.05) is 87.5 Å². The van der Waals surface area contributed by atoms with Gasteiger partial charge in [0.2, 0.25) is 0 Å². The van der Waals surface area contributed by atoms with Gasteiger partial charge in [0.05, 0.1) is 76.8 Å². The van der Waals surface area contributed by atoms with Gasteiger partial charge in [0, 0.05) is 50.8 Å². The number of benzene rings is 2. The van der Waals surface area contributed by atoms with Crippen LogP contribution in [-0.4, -0.2) is 142 Å². The van der Waals surface area contributed by atoms with E-state index in [1.165, 1.54) is 13.2 Å². The number of carbonyl (C=O) groups is 2. The fourth-order valence-corrected chi connectivity index (χ4v) is 14.3. The molecule has 17 heteroatoms. The van der Waals surface area contributed by atoms with Crippen LogP contribution in [0.25, 0.3) is 0 Å². The van der Waals surface area contributed by atoms with E-state index in [-0.39, 0.29) is 91.3 Å². The van der Waals surface area contributed by atoms with Crippen molar-refractivity contribution in [3.8, 4) is 5.75 Å². The molecule has 492 valence electrons. The molecule has 3 heterocycles. The van der Waals surface area contributed by atoms with Crippen LogP contribution >= 0.6 is 0 Å². The average molecular weight is 1250 g/mol. The minimum absolute atomic E-state index is 0.000696. The highest BCUT2D eigenvalue weighted by Crippen LogP contribution is 2.46. The van der Waals surface area contributed by atoms with Crippen LogP contribution in [0, 0.1) is 11.3 Å². The Hall–Kier alpha value is -3.57. The Morgan fingerprint density at radius 3 is 2.11 bits per heavy atom. The Labute approximate surface area is 526 Å². The first kappa shape index (κ1) is 74.2. The molecule has 3 aliphatic heterocycles. The van der Waals surface area contributed by atoms with Gasteiger partial charge < -0.3 is 61.3 Å². The van der Waals surface area contributed by atoms with Gasteiger partial charge in [0.15, 0.2) is 22.2 Å². The summed E-state index contributed by atoms with van der Waals surface area (Å²) in [6, 6.07) is 17.9. The fraction of sp³-hybridized carbons (Fsp3) is 0.714. The number of rotatable bonds is 34. The highest BCUT2D eigenvalue weighted by Gasteiger charge is 2.54. The van der Waals surface area contributed by atoms with Crippen molar-refractivity contribution in [1.29, 1.82) is 0 Å². The summed E-state index contributed by atoms with van der Waals surface area (Å²) in [5.74, 6) is -0.275. The normalized spacial score (nSPS) is 23.4. The summed E-state index contributed by atoms with van der Waals surface area (Å²) in [5.41, 5.74) is 1.19. The molecule has 2 aromatic rings. The smallest absolute Gasteiger partial charge is 0.339 e. The topological polar surface area (TPSA) is 165 Å². The maximum absolute atomic E-state index is 15.3. The van der Waals surface area contributed by atoms with Gasteiger partial charge in [-0.3, -0.25) is 0 Å². The first-order chi connectivity index (χ1) is 40.9. The molecule has 0 spiro atoms. The van der Waals surface area contributed by atoms with E-state index >= 15 is 4.79 Å². The third-order valence-electron chi connectivity index (χ3n) is 19.1. The van der Waals surface area contributed by atoms with E-state index in [9.17, 15) is 9.90 Å². The standard InChI is InChI=1S/C70H114O15Si2/c1-19-52(39-64(85-87(17,18)68(7,8)9)51(3)80-49-78-46-53-24-21-20-22-25-53)38-55(40-65(72)75-13)45-70(76-14,66(73)83-59-26-23-35-77-48-59)69(10,11)33-31-58-36-50(2)37-60(81-58)42-62-44-63(84-86(15,16)67(4,5)6)43-61(82-62)41-57(32-34-71)79-47-54-27-29-56(74-12)30-28-54/h20-22,24-25,27-31,33,40,51-52,57-64,71H,2,19,23,26,32,34-39,41-49H2,1,3-18H3/b33-31+,55-40+/t51-,52+,57+,58+,59+,60+,61-,62+,63+,64-,70-/m1/s1. The van der Waals surface area contributed by atoms with Crippen molar-refractivity contribution in [2.75, 3.05) is 47.9 Å². The first-order valence-corrected chi connectivity index (χ1v) is 38.0.